The summed E-state index contributed by atoms with van der Waals surface area (Å²) in [6.07, 6.45) is 1.63. The van der Waals surface area contributed by atoms with E-state index in [0.717, 1.165) is 5.69 Å². The first-order valence-corrected chi connectivity index (χ1v) is 4.18. The Kier molecular flexibility index (Phi) is 1.98. The van der Waals surface area contributed by atoms with Gasteiger partial charge in [-0.3, -0.25) is 5.43 Å². The van der Waals surface area contributed by atoms with Gasteiger partial charge in [-0.2, -0.15) is 4.79 Å². The summed E-state index contributed by atoms with van der Waals surface area (Å²) in [5.41, 5.74) is 15.4. The van der Waals surface area contributed by atoms with Crippen molar-refractivity contribution in [2.75, 3.05) is 16.9 Å². The van der Waals surface area contributed by atoms with Gasteiger partial charge in [0.1, 0.15) is 0 Å². The van der Waals surface area contributed by atoms with E-state index in [1.807, 2.05) is 30.3 Å². The zero-order chi connectivity index (χ0) is 9.97. The van der Waals surface area contributed by atoms with Crippen molar-refractivity contribution in [2.24, 2.45) is 0 Å². The van der Waals surface area contributed by atoms with Gasteiger partial charge in [-0.15, -0.1) is 5.10 Å². The van der Waals surface area contributed by atoms with Gasteiger partial charge in [-0.05, 0) is 12.1 Å². The van der Waals surface area contributed by atoms with Crippen molar-refractivity contribution in [3.8, 4) is 0 Å². The first-order valence-electron chi connectivity index (χ1n) is 4.18. The van der Waals surface area contributed by atoms with Crippen molar-refractivity contribution in [2.45, 2.75) is 0 Å². The zero-order valence-electron chi connectivity index (χ0n) is 7.51. The summed E-state index contributed by atoms with van der Waals surface area (Å²) in [4.78, 5) is 1.49. The van der Waals surface area contributed by atoms with Crippen LogP contribution in [0.1, 0.15) is 0 Å². The summed E-state index contributed by atoms with van der Waals surface area (Å²) in [5.74, 6) is 0.327. The van der Waals surface area contributed by atoms with Crippen molar-refractivity contribution in [3.05, 3.63) is 36.5 Å². The first kappa shape index (κ1) is 8.43. The highest BCUT2D eigenvalue weighted by Gasteiger charge is 2.00. The molecule has 2 rings (SSSR count). The van der Waals surface area contributed by atoms with Gasteiger partial charge in [0.25, 0.3) is 0 Å². The molecule has 1 aromatic carbocycles. The maximum atomic E-state index is 5.55. The number of hydrogen-bond acceptors (Lipinski definition) is 4. The molecule has 0 unspecified atom stereocenters. The third kappa shape index (κ3) is 1.61. The molecular weight excluding hydrogens is 178 g/mol. The lowest BCUT2D eigenvalue weighted by Gasteiger charge is -2.04. The van der Waals surface area contributed by atoms with Gasteiger partial charge in [-0.25, -0.2) is 0 Å². The van der Waals surface area contributed by atoms with Crippen molar-refractivity contribution in [3.63, 3.8) is 0 Å². The zero-order valence-corrected chi connectivity index (χ0v) is 7.51. The number of anilines is 3. The van der Waals surface area contributed by atoms with Crippen LogP contribution in [0.25, 0.3) is 0 Å². The van der Waals surface area contributed by atoms with Crippen LogP contribution in [0.2, 0.25) is 0 Å². The van der Waals surface area contributed by atoms with Crippen LogP contribution in [-0.4, -0.2) is 9.89 Å². The SMILES string of the molecule is Nc1cn(Nc2ccccc2)nc1N. The molecule has 0 spiro atoms. The lowest BCUT2D eigenvalue weighted by molar-refractivity contribution is 0.808. The van der Waals surface area contributed by atoms with E-state index in [0.29, 0.717) is 11.5 Å². The molecule has 14 heavy (non-hydrogen) atoms. The van der Waals surface area contributed by atoms with Crippen LogP contribution >= 0.6 is 0 Å². The van der Waals surface area contributed by atoms with E-state index in [4.69, 9.17) is 11.5 Å². The van der Waals surface area contributed by atoms with Crippen molar-refractivity contribution < 1.29 is 0 Å². The van der Waals surface area contributed by atoms with E-state index in [-0.39, 0.29) is 0 Å². The maximum absolute atomic E-state index is 5.55. The topological polar surface area (TPSA) is 81.9 Å². The monoisotopic (exact) mass is 189 g/mol. The number of nitrogens with zero attached hydrogens (tertiary/aromatic N) is 2. The number of nitrogens with one attached hydrogen (secondary N) is 1. The Labute approximate surface area is 81.3 Å². The number of hydrogen-bond donors (Lipinski definition) is 3. The second-order valence-corrected chi connectivity index (χ2v) is 2.89. The molecule has 5 nitrogen and oxygen atoms in total. The predicted molar refractivity (Wildman–Crippen MR) is 56.5 cm³/mol. The van der Waals surface area contributed by atoms with E-state index in [1.54, 1.807) is 6.20 Å². The molecule has 0 aliphatic carbocycles. The van der Waals surface area contributed by atoms with Gasteiger partial charge in [0.2, 0.25) is 0 Å². The second-order valence-electron chi connectivity index (χ2n) is 2.89. The average molecular weight is 189 g/mol. The number of nitrogen functional groups attached to an aromatic ring is 2. The Morgan fingerprint density at radius 3 is 2.43 bits per heavy atom. The Morgan fingerprint density at radius 2 is 1.86 bits per heavy atom. The molecule has 5 heteroatoms. The smallest absolute Gasteiger partial charge is 0.170 e. The molecule has 0 aliphatic heterocycles. The highest BCUT2D eigenvalue weighted by molar-refractivity contribution is 5.57. The van der Waals surface area contributed by atoms with Crippen LogP contribution in [0.15, 0.2) is 36.5 Å². The third-order valence-corrected chi connectivity index (χ3v) is 1.79. The molecule has 0 aliphatic rings. The lowest BCUT2D eigenvalue weighted by Crippen LogP contribution is -2.09. The van der Waals surface area contributed by atoms with Gasteiger partial charge >= 0.3 is 0 Å². The minimum atomic E-state index is 0.327. The fraction of sp³-hybridized carbons (Fsp3) is 0. The fourth-order valence-corrected chi connectivity index (χ4v) is 1.10. The molecule has 72 valence electrons. The van der Waals surface area contributed by atoms with Gasteiger partial charge in [0.15, 0.2) is 5.82 Å². The minimum absolute atomic E-state index is 0.327. The van der Waals surface area contributed by atoms with Gasteiger partial charge < -0.3 is 11.5 Å². The summed E-state index contributed by atoms with van der Waals surface area (Å²) in [7, 11) is 0. The van der Waals surface area contributed by atoms with E-state index in [9.17, 15) is 0 Å². The van der Waals surface area contributed by atoms with Crippen LogP contribution in [0.4, 0.5) is 17.2 Å². The molecule has 0 fully saturated rings. The summed E-state index contributed by atoms with van der Waals surface area (Å²) in [5, 5.41) is 3.96. The molecule has 0 bridgehead atoms. The third-order valence-electron chi connectivity index (χ3n) is 1.79. The Bertz CT molecular complexity index is 401. The van der Waals surface area contributed by atoms with Gasteiger partial charge in [-0.1, -0.05) is 18.2 Å². The van der Waals surface area contributed by atoms with Gasteiger partial charge in [0.05, 0.1) is 17.6 Å². The van der Waals surface area contributed by atoms with Crippen molar-refractivity contribution >= 4 is 17.2 Å². The molecular formula is C9H11N5. The first-order chi connectivity index (χ1) is 6.75. The Morgan fingerprint density at radius 1 is 1.14 bits per heavy atom. The molecule has 0 radical (unpaired) electrons. The summed E-state index contributed by atoms with van der Waals surface area (Å²) >= 11 is 0. The number of para-hydroxylation sites is 1. The molecule has 0 atom stereocenters. The van der Waals surface area contributed by atoms with E-state index in [1.165, 1.54) is 4.79 Å². The highest BCUT2D eigenvalue weighted by Crippen LogP contribution is 2.11. The maximum Gasteiger partial charge on any atom is 0.170 e. The normalized spacial score (nSPS) is 10.0. The van der Waals surface area contributed by atoms with Crippen LogP contribution in [-0.2, 0) is 0 Å². The van der Waals surface area contributed by atoms with Crippen LogP contribution in [0, 0.1) is 0 Å². The molecule has 0 saturated carbocycles. The molecule has 1 heterocycles. The fourth-order valence-electron chi connectivity index (χ4n) is 1.10. The summed E-state index contributed by atoms with van der Waals surface area (Å²) in [6.45, 7) is 0. The van der Waals surface area contributed by atoms with Crippen LogP contribution in [0.5, 0.6) is 0 Å². The van der Waals surface area contributed by atoms with Crippen molar-refractivity contribution in [1.82, 2.24) is 9.89 Å². The van der Waals surface area contributed by atoms with Crippen LogP contribution < -0.4 is 16.9 Å². The van der Waals surface area contributed by atoms with E-state index >= 15 is 0 Å². The Balaban J connectivity index is 2.19. The van der Waals surface area contributed by atoms with Crippen LogP contribution in [0.3, 0.4) is 0 Å². The summed E-state index contributed by atoms with van der Waals surface area (Å²) < 4.78 is 0. The average Bonchev–Trinajstić information content (AvgIpc) is 2.47. The highest BCUT2D eigenvalue weighted by atomic mass is 15.6. The van der Waals surface area contributed by atoms with Crippen molar-refractivity contribution in [1.29, 1.82) is 0 Å². The minimum Gasteiger partial charge on any atom is -0.394 e. The standard InChI is InChI=1S/C9H11N5/c10-8-6-14(13-9(8)11)12-7-4-2-1-3-5-7/h1-6,12H,10H2,(H2,11,13). The Hall–Kier alpha value is -2.17. The predicted octanol–water partition coefficient (Wildman–Crippen LogP) is 0.923. The quantitative estimate of drug-likeness (QED) is 0.656. The lowest BCUT2D eigenvalue weighted by atomic mass is 10.3. The number of aromatic nitrogens is 2. The molecule has 1 aromatic heterocycles. The molecule has 0 amide bonds. The largest absolute Gasteiger partial charge is 0.394 e. The van der Waals surface area contributed by atoms with Gasteiger partial charge in [0, 0.05) is 0 Å². The number of rotatable bonds is 2. The molecule has 5 N–H and O–H groups in total. The van der Waals surface area contributed by atoms with E-state index < -0.39 is 0 Å². The number of benzene rings is 1. The molecule has 0 saturated heterocycles. The summed E-state index contributed by atoms with van der Waals surface area (Å²) in [6, 6.07) is 9.65. The second kappa shape index (κ2) is 3.29. The van der Waals surface area contributed by atoms with E-state index in [2.05, 4.69) is 10.5 Å². The molecule has 2 aromatic rings. The number of nitrogens with two attached hydrogens (primary N) is 2.